The van der Waals surface area contributed by atoms with Gasteiger partial charge in [0.25, 0.3) is 5.91 Å². The van der Waals surface area contributed by atoms with Crippen LogP contribution >= 0.6 is 11.8 Å². The second-order valence-electron chi connectivity index (χ2n) is 7.89. The van der Waals surface area contributed by atoms with Crippen LogP contribution in [0.5, 0.6) is 0 Å². The molecular formula is C24H27N3O4S. The van der Waals surface area contributed by atoms with Gasteiger partial charge in [0, 0.05) is 37.1 Å². The molecule has 8 heteroatoms. The summed E-state index contributed by atoms with van der Waals surface area (Å²) in [4.78, 5) is 46.8. The molecule has 1 aromatic heterocycles. The van der Waals surface area contributed by atoms with E-state index in [1.54, 1.807) is 18.0 Å². The lowest BCUT2D eigenvalue weighted by Crippen LogP contribution is -2.41. The molecule has 0 saturated carbocycles. The number of carbonyl (C=O) groups is 3. The number of fused-ring (bicyclic) bond motifs is 2. The smallest absolute Gasteiger partial charge is 0.309 e. The van der Waals surface area contributed by atoms with Crippen LogP contribution in [0, 0.1) is 5.92 Å². The van der Waals surface area contributed by atoms with Crippen LogP contribution in [-0.4, -0.2) is 53.9 Å². The second kappa shape index (κ2) is 10.2. The Morgan fingerprint density at radius 2 is 1.94 bits per heavy atom. The van der Waals surface area contributed by atoms with E-state index in [0.717, 1.165) is 15.6 Å². The van der Waals surface area contributed by atoms with Crippen molar-refractivity contribution in [2.24, 2.45) is 5.92 Å². The molecule has 1 aromatic carbocycles. The number of anilines is 1. The maximum atomic E-state index is 13.3. The van der Waals surface area contributed by atoms with E-state index in [-0.39, 0.29) is 23.7 Å². The van der Waals surface area contributed by atoms with Crippen molar-refractivity contribution in [3.8, 4) is 0 Å². The van der Waals surface area contributed by atoms with Gasteiger partial charge in [-0.05, 0) is 50.5 Å². The molecule has 0 spiro atoms. The molecule has 2 amide bonds. The van der Waals surface area contributed by atoms with E-state index in [4.69, 9.17) is 4.74 Å². The highest BCUT2D eigenvalue weighted by Gasteiger charge is 2.30. The molecule has 7 nitrogen and oxygen atoms in total. The van der Waals surface area contributed by atoms with E-state index < -0.39 is 0 Å². The van der Waals surface area contributed by atoms with Gasteiger partial charge in [0.2, 0.25) is 5.91 Å². The van der Waals surface area contributed by atoms with Crippen LogP contribution in [0.1, 0.15) is 43.0 Å². The number of pyridine rings is 1. The first-order valence-electron chi connectivity index (χ1n) is 11.1. The number of carbonyl (C=O) groups excluding carboxylic acids is 3. The summed E-state index contributed by atoms with van der Waals surface area (Å²) in [6.45, 7) is 3.77. The van der Waals surface area contributed by atoms with Gasteiger partial charge in [0.15, 0.2) is 0 Å². The average molecular weight is 454 g/mol. The van der Waals surface area contributed by atoms with Crippen LogP contribution in [0.15, 0.2) is 52.5 Å². The number of ether oxygens (including phenoxy) is 1. The van der Waals surface area contributed by atoms with Gasteiger partial charge in [-0.15, -0.1) is 0 Å². The molecule has 0 bridgehead atoms. The Morgan fingerprint density at radius 3 is 2.72 bits per heavy atom. The zero-order valence-electron chi connectivity index (χ0n) is 18.2. The first kappa shape index (κ1) is 22.3. The van der Waals surface area contributed by atoms with Crippen LogP contribution in [0.4, 0.5) is 5.69 Å². The van der Waals surface area contributed by atoms with Crippen molar-refractivity contribution in [3.05, 3.63) is 48.2 Å². The number of piperidine rings is 1. The van der Waals surface area contributed by atoms with Gasteiger partial charge in [-0.1, -0.05) is 23.9 Å². The fraction of sp³-hybridized carbons (Fsp3) is 0.417. The summed E-state index contributed by atoms with van der Waals surface area (Å²) in [6.07, 6.45) is 3.93. The summed E-state index contributed by atoms with van der Waals surface area (Å²) >= 11 is 1.49. The number of likely N-dealkylation sites (tertiary alicyclic amines) is 1. The molecule has 0 N–H and O–H groups in total. The summed E-state index contributed by atoms with van der Waals surface area (Å²) in [5.41, 5.74) is 1.43. The highest BCUT2D eigenvalue weighted by atomic mass is 32.2. The third-order valence-electron chi connectivity index (χ3n) is 5.85. The SMILES string of the molecule is CCOC(=O)C1CCN(C(=O)CCCN2C(=O)c3ccccc3Sc3ncccc32)CC1. The summed E-state index contributed by atoms with van der Waals surface area (Å²) in [7, 11) is 0. The highest BCUT2D eigenvalue weighted by molar-refractivity contribution is 7.99. The van der Waals surface area contributed by atoms with E-state index >= 15 is 0 Å². The molecule has 168 valence electrons. The Balaban J connectivity index is 1.37. The molecular weight excluding hydrogens is 426 g/mol. The number of benzene rings is 1. The van der Waals surface area contributed by atoms with Gasteiger partial charge in [-0.3, -0.25) is 14.4 Å². The fourth-order valence-electron chi connectivity index (χ4n) is 4.15. The first-order valence-corrected chi connectivity index (χ1v) is 11.9. The third-order valence-corrected chi connectivity index (χ3v) is 6.93. The zero-order chi connectivity index (χ0) is 22.5. The zero-order valence-corrected chi connectivity index (χ0v) is 19.0. The molecule has 1 fully saturated rings. The molecule has 1 saturated heterocycles. The number of hydrogen-bond acceptors (Lipinski definition) is 6. The number of esters is 1. The van der Waals surface area contributed by atoms with Gasteiger partial charge in [0.05, 0.1) is 23.8 Å². The predicted octanol–water partition coefficient (Wildman–Crippen LogP) is 3.77. The monoisotopic (exact) mass is 453 g/mol. The van der Waals surface area contributed by atoms with Gasteiger partial charge in [-0.2, -0.15) is 0 Å². The lowest BCUT2D eigenvalue weighted by atomic mass is 9.96. The molecule has 0 aliphatic carbocycles. The number of amides is 2. The van der Waals surface area contributed by atoms with E-state index in [0.29, 0.717) is 57.5 Å². The van der Waals surface area contributed by atoms with Crippen molar-refractivity contribution in [1.82, 2.24) is 9.88 Å². The molecule has 2 aromatic rings. The Labute approximate surface area is 192 Å². The first-order chi connectivity index (χ1) is 15.6. The Hall–Kier alpha value is -2.87. The molecule has 2 aliphatic heterocycles. The topological polar surface area (TPSA) is 79.8 Å². The quantitative estimate of drug-likeness (QED) is 0.620. The minimum atomic E-state index is -0.162. The Bertz CT molecular complexity index is 1000. The number of aromatic nitrogens is 1. The van der Waals surface area contributed by atoms with Crippen LogP contribution in [0.2, 0.25) is 0 Å². The van der Waals surface area contributed by atoms with Crippen LogP contribution in [0.3, 0.4) is 0 Å². The normalized spacial score (nSPS) is 16.2. The summed E-state index contributed by atoms with van der Waals surface area (Å²) in [5, 5.41) is 0.790. The van der Waals surface area contributed by atoms with Crippen molar-refractivity contribution >= 4 is 35.2 Å². The molecule has 4 rings (SSSR count). The Morgan fingerprint density at radius 1 is 1.16 bits per heavy atom. The lowest BCUT2D eigenvalue weighted by Gasteiger charge is -2.31. The molecule has 0 unspecified atom stereocenters. The van der Waals surface area contributed by atoms with E-state index in [9.17, 15) is 14.4 Å². The van der Waals surface area contributed by atoms with Gasteiger partial charge < -0.3 is 14.5 Å². The minimum absolute atomic E-state index is 0.0655. The van der Waals surface area contributed by atoms with Crippen molar-refractivity contribution < 1.29 is 19.1 Å². The van der Waals surface area contributed by atoms with E-state index in [1.807, 2.05) is 41.3 Å². The lowest BCUT2D eigenvalue weighted by molar-refractivity contribution is -0.151. The number of hydrogen-bond donors (Lipinski definition) is 0. The van der Waals surface area contributed by atoms with Crippen LogP contribution in [-0.2, 0) is 14.3 Å². The number of rotatable bonds is 6. The predicted molar refractivity (Wildman–Crippen MR) is 122 cm³/mol. The van der Waals surface area contributed by atoms with Gasteiger partial charge in [-0.25, -0.2) is 4.98 Å². The maximum Gasteiger partial charge on any atom is 0.309 e. The van der Waals surface area contributed by atoms with Crippen molar-refractivity contribution in [2.45, 2.75) is 42.5 Å². The highest BCUT2D eigenvalue weighted by Crippen LogP contribution is 2.39. The van der Waals surface area contributed by atoms with Crippen molar-refractivity contribution in [1.29, 1.82) is 0 Å². The fourth-order valence-corrected chi connectivity index (χ4v) is 5.17. The second-order valence-corrected chi connectivity index (χ2v) is 8.92. The standard InChI is InChI=1S/C24H27N3O4S/c1-2-31-24(30)17-11-15-26(16-12-17)21(28)10-6-14-27-19-8-5-13-25-22(19)32-20-9-4-3-7-18(20)23(27)29/h3-5,7-9,13,17H,2,6,10-12,14-16H2,1H3. The van der Waals surface area contributed by atoms with Crippen molar-refractivity contribution in [3.63, 3.8) is 0 Å². The maximum absolute atomic E-state index is 13.3. The third kappa shape index (κ3) is 4.80. The largest absolute Gasteiger partial charge is 0.466 e. The molecule has 32 heavy (non-hydrogen) atoms. The summed E-state index contributed by atoms with van der Waals surface area (Å²) < 4.78 is 5.10. The minimum Gasteiger partial charge on any atom is -0.466 e. The van der Waals surface area contributed by atoms with Crippen LogP contribution in [0.25, 0.3) is 0 Å². The molecule has 2 aliphatic rings. The molecule has 0 atom stereocenters. The average Bonchev–Trinajstić information content (AvgIpc) is 2.94. The summed E-state index contributed by atoms with van der Waals surface area (Å²) in [6, 6.07) is 11.3. The van der Waals surface area contributed by atoms with Crippen molar-refractivity contribution in [2.75, 3.05) is 31.1 Å². The van der Waals surface area contributed by atoms with E-state index in [2.05, 4.69) is 4.98 Å². The summed E-state index contributed by atoms with van der Waals surface area (Å²) in [5.74, 6) is -0.279. The number of nitrogens with zero attached hydrogens (tertiary/aromatic N) is 3. The van der Waals surface area contributed by atoms with Crippen LogP contribution < -0.4 is 4.90 Å². The van der Waals surface area contributed by atoms with Gasteiger partial charge in [0.1, 0.15) is 5.03 Å². The Kier molecular flexibility index (Phi) is 7.09. The molecule has 0 radical (unpaired) electrons. The van der Waals surface area contributed by atoms with E-state index in [1.165, 1.54) is 11.8 Å². The molecule has 3 heterocycles. The van der Waals surface area contributed by atoms with Gasteiger partial charge >= 0.3 is 5.97 Å².